The molecular formula is C27H27ClN2O9. The van der Waals surface area contributed by atoms with Crippen molar-refractivity contribution in [1.29, 1.82) is 0 Å². The summed E-state index contributed by atoms with van der Waals surface area (Å²) in [5.74, 6) is -2.37. The zero-order valence-electron chi connectivity index (χ0n) is 21.7. The number of nitrogens with one attached hydrogen (secondary N) is 2. The van der Waals surface area contributed by atoms with Crippen LogP contribution in [0.5, 0.6) is 23.0 Å². The zero-order chi connectivity index (χ0) is 28.5. The molecule has 2 aromatic carbocycles. The minimum absolute atomic E-state index is 0.0285. The maximum Gasteiger partial charge on any atom is 0.305 e. The molecule has 3 N–H and O–H groups in total. The number of carboxylic acid groups (broad SMARTS) is 1. The van der Waals surface area contributed by atoms with Crippen molar-refractivity contribution in [2.75, 3.05) is 33.2 Å². The molecule has 1 spiro atoms. The predicted octanol–water partition coefficient (Wildman–Crippen LogP) is 3.49. The van der Waals surface area contributed by atoms with E-state index in [0.717, 1.165) is 0 Å². The number of amides is 1. The van der Waals surface area contributed by atoms with Gasteiger partial charge in [0.2, 0.25) is 17.2 Å². The maximum absolute atomic E-state index is 13.7. The number of fused-ring (bicyclic) bond motifs is 1. The smallest absolute Gasteiger partial charge is 0.305 e. The van der Waals surface area contributed by atoms with Gasteiger partial charge in [0, 0.05) is 35.9 Å². The van der Waals surface area contributed by atoms with E-state index in [4.69, 9.17) is 35.7 Å². The van der Waals surface area contributed by atoms with Gasteiger partial charge in [-0.25, -0.2) is 0 Å². The topological polar surface area (TPSA) is 149 Å². The molecule has 12 heteroatoms. The van der Waals surface area contributed by atoms with Crippen LogP contribution in [0.4, 0.5) is 5.69 Å². The van der Waals surface area contributed by atoms with Crippen LogP contribution in [0.15, 0.2) is 36.0 Å². The van der Waals surface area contributed by atoms with Crippen LogP contribution >= 0.6 is 11.6 Å². The van der Waals surface area contributed by atoms with Gasteiger partial charge < -0.3 is 34.7 Å². The van der Waals surface area contributed by atoms with E-state index in [1.54, 1.807) is 13.0 Å². The Morgan fingerprint density at radius 2 is 1.79 bits per heavy atom. The van der Waals surface area contributed by atoms with Gasteiger partial charge in [-0.1, -0.05) is 18.5 Å². The third-order valence-electron chi connectivity index (χ3n) is 6.69. The number of ether oxygens (including phenoxy) is 4. The molecule has 1 aliphatic heterocycles. The van der Waals surface area contributed by atoms with Crippen molar-refractivity contribution in [3.63, 3.8) is 0 Å². The van der Waals surface area contributed by atoms with E-state index in [9.17, 15) is 19.2 Å². The molecule has 4 rings (SSSR count). The number of halogens is 1. The monoisotopic (exact) mass is 558 g/mol. The summed E-state index contributed by atoms with van der Waals surface area (Å²) in [4.78, 5) is 50.4. The summed E-state index contributed by atoms with van der Waals surface area (Å²) < 4.78 is 22.1. The standard InChI is InChI=1S/C27H27ClN2O9/c1-13-9-15(30-16-10-14(5-6-17(16)36-2)26(35)29-8-7-21(32)33)11-20(31)27(13)25(34)22-18(37-3)12-19(38-4)23(28)24(22)39-27/h5-6,10-13,30H,7-9H2,1-4H3,(H,29,35)(H,32,33). The van der Waals surface area contributed by atoms with Crippen LogP contribution in [-0.4, -0.2) is 62.0 Å². The average molecular weight is 559 g/mol. The number of methoxy groups -OCH3 is 3. The van der Waals surface area contributed by atoms with Crippen molar-refractivity contribution in [1.82, 2.24) is 5.32 Å². The van der Waals surface area contributed by atoms with Gasteiger partial charge in [0.1, 0.15) is 27.8 Å². The van der Waals surface area contributed by atoms with Crippen molar-refractivity contribution in [2.45, 2.75) is 25.4 Å². The summed E-state index contributed by atoms with van der Waals surface area (Å²) in [6.07, 6.45) is 1.32. The highest BCUT2D eigenvalue weighted by atomic mass is 35.5. The quantitative estimate of drug-likeness (QED) is 0.390. The first-order valence-corrected chi connectivity index (χ1v) is 12.3. The second kappa shape index (κ2) is 10.9. The highest BCUT2D eigenvalue weighted by Crippen LogP contribution is 2.53. The number of carboxylic acids is 1. The molecule has 1 amide bonds. The molecule has 206 valence electrons. The molecule has 39 heavy (non-hydrogen) atoms. The van der Waals surface area contributed by atoms with E-state index in [0.29, 0.717) is 17.1 Å². The molecule has 2 atom stereocenters. The Bertz CT molecular complexity index is 1400. The lowest BCUT2D eigenvalue weighted by Gasteiger charge is -2.35. The summed E-state index contributed by atoms with van der Waals surface area (Å²) >= 11 is 6.43. The Morgan fingerprint density at radius 3 is 2.41 bits per heavy atom. The molecule has 0 saturated carbocycles. The zero-order valence-corrected chi connectivity index (χ0v) is 22.4. The summed E-state index contributed by atoms with van der Waals surface area (Å²) in [6.45, 7) is 1.69. The normalized spacial score (nSPS) is 19.6. The molecule has 0 bridgehead atoms. The fourth-order valence-corrected chi connectivity index (χ4v) is 4.99. The van der Waals surface area contributed by atoms with Crippen molar-refractivity contribution >= 4 is 40.7 Å². The summed E-state index contributed by atoms with van der Waals surface area (Å²) in [6, 6.07) is 6.11. The van der Waals surface area contributed by atoms with Gasteiger partial charge in [-0.2, -0.15) is 0 Å². The van der Waals surface area contributed by atoms with E-state index in [1.165, 1.54) is 45.6 Å². The minimum Gasteiger partial charge on any atom is -0.496 e. The molecular weight excluding hydrogens is 532 g/mol. The number of aliphatic carboxylic acids is 1. The molecule has 2 unspecified atom stereocenters. The molecule has 11 nitrogen and oxygen atoms in total. The number of ketones is 2. The second-order valence-corrected chi connectivity index (χ2v) is 9.42. The first-order chi connectivity index (χ1) is 18.6. The first-order valence-electron chi connectivity index (χ1n) is 12.0. The Hall–Kier alpha value is -4.25. The van der Waals surface area contributed by atoms with Gasteiger partial charge in [0.25, 0.3) is 5.91 Å². The molecule has 1 heterocycles. The van der Waals surface area contributed by atoms with Gasteiger partial charge in [0.15, 0.2) is 5.75 Å². The Labute approximate surface area is 229 Å². The van der Waals surface area contributed by atoms with Crippen molar-refractivity contribution in [3.8, 4) is 23.0 Å². The third-order valence-corrected chi connectivity index (χ3v) is 7.05. The van der Waals surface area contributed by atoms with Crippen LogP contribution in [0.1, 0.15) is 40.5 Å². The van der Waals surface area contributed by atoms with Crippen LogP contribution in [0.25, 0.3) is 0 Å². The maximum atomic E-state index is 13.7. The Kier molecular flexibility index (Phi) is 7.73. The Morgan fingerprint density at radius 1 is 1.10 bits per heavy atom. The first kappa shape index (κ1) is 27.8. The molecule has 0 fully saturated rings. The number of benzene rings is 2. The number of anilines is 1. The van der Waals surface area contributed by atoms with E-state index < -0.39 is 35.0 Å². The van der Waals surface area contributed by atoms with Gasteiger partial charge in [-0.3, -0.25) is 19.2 Å². The number of carbonyl (C=O) groups excluding carboxylic acids is 3. The van der Waals surface area contributed by atoms with Gasteiger partial charge in [-0.15, -0.1) is 0 Å². The third kappa shape index (κ3) is 4.85. The van der Waals surface area contributed by atoms with Crippen LogP contribution in [0.2, 0.25) is 5.02 Å². The fraction of sp³-hybridized carbons (Fsp3) is 0.333. The van der Waals surface area contributed by atoms with Crippen LogP contribution in [0, 0.1) is 5.92 Å². The molecule has 0 radical (unpaired) electrons. The number of hydrogen-bond acceptors (Lipinski definition) is 9. The number of carbonyl (C=O) groups is 4. The highest BCUT2D eigenvalue weighted by Gasteiger charge is 2.60. The largest absolute Gasteiger partial charge is 0.496 e. The minimum atomic E-state index is -1.83. The van der Waals surface area contributed by atoms with E-state index in [1.807, 2.05) is 0 Å². The van der Waals surface area contributed by atoms with Gasteiger partial charge in [0.05, 0.1) is 33.4 Å². The number of hydrogen-bond donors (Lipinski definition) is 3. The summed E-state index contributed by atoms with van der Waals surface area (Å²) in [5, 5.41) is 14.5. The van der Waals surface area contributed by atoms with Crippen LogP contribution < -0.4 is 29.6 Å². The molecule has 2 aliphatic rings. The summed E-state index contributed by atoms with van der Waals surface area (Å²) in [7, 11) is 4.26. The van der Waals surface area contributed by atoms with Crippen molar-refractivity contribution in [2.24, 2.45) is 5.92 Å². The predicted molar refractivity (Wildman–Crippen MR) is 140 cm³/mol. The lowest BCUT2D eigenvalue weighted by atomic mass is 9.74. The van der Waals surface area contributed by atoms with Crippen LogP contribution in [-0.2, 0) is 9.59 Å². The van der Waals surface area contributed by atoms with E-state index in [-0.39, 0.29) is 52.8 Å². The molecule has 2 aromatic rings. The number of Topliss-reactive ketones (excluding diaryl/α,β-unsaturated/α-hetero) is 1. The van der Waals surface area contributed by atoms with Crippen molar-refractivity contribution in [3.05, 3.63) is 52.2 Å². The SMILES string of the molecule is COc1ccc(C(=O)NCCC(=O)O)cc1NC1=CC(=O)C2(Oc3c(Cl)c(OC)cc(OC)c3C2=O)C(C)C1. The van der Waals surface area contributed by atoms with Crippen molar-refractivity contribution < 1.29 is 43.2 Å². The van der Waals surface area contributed by atoms with Crippen LogP contribution in [0.3, 0.4) is 0 Å². The van der Waals surface area contributed by atoms with E-state index in [2.05, 4.69) is 10.6 Å². The van der Waals surface area contributed by atoms with Gasteiger partial charge in [-0.05, 0) is 24.6 Å². The molecule has 1 aliphatic carbocycles. The van der Waals surface area contributed by atoms with E-state index >= 15 is 0 Å². The molecule has 0 saturated heterocycles. The number of rotatable bonds is 9. The highest BCUT2D eigenvalue weighted by molar-refractivity contribution is 6.36. The number of allylic oxidation sites excluding steroid dienone is 1. The lowest BCUT2D eigenvalue weighted by molar-refractivity contribution is -0.136. The molecule has 0 aromatic heterocycles. The summed E-state index contributed by atoms with van der Waals surface area (Å²) in [5.41, 5.74) is -0.606. The van der Waals surface area contributed by atoms with Gasteiger partial charge >= 0.3 is 5.97 Å². The second-order valence-electron chi connectivity index (χ2n) is 9.04. The Balaban J connectivity index is 1.62. The lowest BCUT2D eigenvalue weighted by Crippen LogP contribution is -2.55. The average Bonchev–Trinajstić information content (AvgIpc) is 3.22. The fourth-order valence-electron chi connectivity index (χ4n) is 4.72.